The van der Waals surface area contributed by atoms with Crippen molar-refractivity contribution in [3.8, 4) is 11.5 Å². The van der Waals surface area contributed by atoms with Crippen LogP contribution in [0, 0.1) is 0 Å². The highest BCUT2D eigenvalue weighted by Crippen LogP contribution is 2.40. The summed E-state index contributed by atoms with van der Waals surface area (Å²) in [4.78, 5) is 24.3. The lowest BCUT2D eigenvalue weighted by atomic mass is 10.00. The van der Waals surface area contributed by atoms with Gasteiger partial charge in [-0.1, -0.05) is 0 Å². The number of hydrogen-bond donors (Lipinski definition) is 1. The van der Waals surface area contributed by atoms with Crippen molar-refractivity contribution in [2.75, 3.05) is 14.2 Å². The van der Waals surface area contributed by atoms with E-state index in [1.54, 1.807) is 19.2 Å². The highest BCUT2D eigenvalue weighted by molar-refractivity contribution is 6.07. The molecule has 3 rings (SSSR count). The summed E-state index contributed by atoms with van der Waals surface area (Å²) in [7, 11) is 3.07. The molecule has 1 unspecified atom stereocenters. The zero-order valence-corrected chi connectivity index (χ0v) is 11.6. The van der Waals surface area contributed by atoms with E-state index < -0.39 is 5.92 Å². The Hall–Kier alpha value is -2.04. The van der Waals surface area contributed by atoms with E-state index in [0.717, 1.165) is 18.4 Å². The summed E-state index contributed by atoms with van der Waals surface area (Å²) in [5, 5.41) is 2.96. The van der Waals surface area contributed by atoms with Crippen molar-refractivity contribution in [1.82, 2.24) is 5.32 Å². The minimum atomic E-state index is -0.405. The van der Waals surface area contributed by atoms with Crippen molar-refractivity contribution < 1.29 is 19.1 Å². The molecule has 0 saturated heterocycles. The summed E-state index contributed by atoms with van der Waals surface area (Å²) in [5.41, 5.74) is 1.31. The predicted octanol–water partition coefficient (Wildman–Crippen LogP) is 1.65. The monoisotopic (exact) mass is 275 g/mol. The van der Waals surface area contributed by atoms with E-state index in [1.165, 1.54) is 7.11 Å². The summed E-state index contributed by atoms with van der Waals surface area (Å²) in [6.45, 7) is 0. The van der Waals surface area contributed by atoms with Gasteiger partial charge in [0.2, 0.25) is 5.91 Å². The van der Waals surface area contributed by atoms with Crippen LogP contribution < -0.4 is 14.8 Å². The smallest absolute Gasteiger partial charge is 0.228 e. The molecule has 20 heavy (non-hydrogen) atoms. The third-order valence-corrected chi connectivity index (χ3v) is 3.86. The maximum absolute atomic E-state index is 12.2. The van der Waals surface area contributed by atoms with E-state index in [2.05, 4.69) is 5.32 Å². The van der Waals surface area contributed by atoms with E-state index in [1.807, 2.05) is 0 Å². The van der Waals surface area contributed by atoms with Crippen LogP contribution in [0.25, 0.3) is 0 Å². The number of hydrogen-bond acceptors (Lipinski definition) is 4. The fraction of sp³-hybridized carbons (Fsp3) is 0.467. The van der Waals surface area contributed by atoms with Crippen molar-refractivity contribution in [3.63, 3.8) is 0 Å². The molecule has 0 heterocycles. The highest BCUT2D eigenvalue weighted by atomic mass is 16.5. The minimum absolute atomic E-state index is 0.0168. The van der Waals surface area contributed by atoms with E-state index in [4.69, 9.17) is 9.47 Å². The molecule has 1 aromatic carbocycles. The van der Waals surface area contributed by atoms with Gasteiger partial charge in [-0.25, -0.2) is 0 Å². The van der Waals surface area contributed by atoms with E-state index >= 15 is 0 Å². The lowest BCUT2D eigenvalue weighted by molar-refractivity contribution is -0.122. The van der Waals surface area contributed by atoms with Gasteiger partial charge in [0.25, 0.3) is 0 Å². The van der Waals surface area contributed by atoms with Crippen LogP contribution in [0.15, 0.2) is 12.1 Å². The van der Waals surface area contributed by atoms with Crippen molar-refractivity contribution >= 4 is 11.7 Å². The molecule has 106 valence electrons. The van der Waals surface area contributed by atoms with E-state index in [-0.39, 0.29) is 18.1 Å². The zero-order chi connectivity index (χ0) is 14.3. The molecule has 0 bridgehead atoms. The van der Waals surface area contributed by atoms with Gasteiger partial charge in [-0.15, -0.1) is 0 Å². The van der Waals surface area contributed by atoms with Crippen LogP contribution in [0.3, 0.4) is 0 Å². The van der Waals surface area contributed by atoms with Gasteiger partial charge in [-0.2, -0.15) is 0 Å². The van der Waals surface area contributed by atoms with Crippen LogP contribution in [0.1, 0.15) is 41.1 Å². The number of carbonyl (C=O) groups is 2. The summed E-state index contributed by atoms with van der Waals surface area (Å²) in [5.74, 6) is 0.578. The molecule has 5 heteroatoms. The molecule has 0 aliphatic heterocycles. The fourth-order valence-electron chi connectivity index (χ4n) is 2.59. The second kappa shape index (κ2) is 4.81. The number of rotatable bonds is 4. The SMILES string of the molecule is COc1cc2c(cc1OC)C(C(=O)NC1CC1)CC2=O. The van der Waals surface area contributed by atoms with Gasteiger partial charge in [0.15, 0.2) is 17.3 Å². The van der Waals surface area contributed by atoms with Gasteiger partial charge in [0.1, 0.15) is 0 Å². The Kier molecular flexibility index (Phi) is 3.12. The van der Waals surface area contributed by atoms with Crippen LogP contribution in [-0.2, 0) is 4.79 Å². The standard InChI is InChI=1S/C15H17NO4/c1-19-13-6-9-10(7-14(13)20-2)12(17)5-11(9)15(18)16-8-3-4-8/h6-8,11H,3-5H2,1-2H3,(H,16,18). The molecular weight excluding hydrogens is 258 g/mol. The fourth-order valence-corrected chi connectivity index (χ4v) is 2.59. The number of fused-ring (bicyclic) bond motifs is 1. The molecule has 1 N–H and O–H groups in total. The largest absolute Gasteiger partial charge is 0.493 e. The van der Waals surface area contributed by atoms with Crippen molar-refractivity contribution in [1.29, 1.82) is 0 Å². The van der Waals surface area contributed by atoms with Crippen molar-refractivity contribution in [2.24, 2.45) is 0 Å². The molecule has 1 fully saturated rings. The molecule has 1 amide bonds. The van der Waals surface area contributed by atoms with Crippen LogP contribution in [0.5, 0.6) is 11.5 Å². The molecule has 1 saturated carbocycles. The van der Waals surface area contributed by atoms with Gasteiger partial charge >= 0.3 is 0 Å². The Morgan fingerprint density at radius 1 is 1.20 bits per heavy atom. The lowest BCUT2D eigenvalue weighted by Gasteiger charge is -2.13. The first kappa shape index (κ1) is 13.0. The number of ether oxygens (including phenoxy) is 2. The first-order valence-corrected chi connectivity index (χ1v) is 6.73. The molecule has 5 nitrogen and oxygen atoms in total. The average molecular weight is 275 g/mol. The normalized spacial score (nSPS) is 20.5. The quantitative estimate of drug-likeness (QED) is 0.907. The number of ketones is 1. The maximum Gasteiger partial charge on any atom is 0.228 e. The molecule has 2 aliphatic rings. The van der Waals surface area contributed by atoms with Crippen molar-refractivity contribution in [3.05, 3.63) is 23.3 Å². The Balaban J connectivity index is 1.95. The number of methoxy groups -OCH3 is 2. The highest BCUT2D eigenvalue weighted by Gasteiger charge is 2.37. The first-order valence-electron chi connectivity index (χ1n) is 6.73. The third kappa shape index (κ3) is 2.13. The van der Waals surface area contributed by atoms with Gasteiger partial charge in [-0.3, -0.25) is 9.59 Å². The van der Waals surface area contributed by atoms with Crippen molar-refractivity contribution in [2.45, 2.75) is 31.2 Å². The second-order valence-corrected chi connectivity index (χ2v) is 5.26. The number of amides is 1. The zero-order valence-electron chi connectivity index (χ0n) is 11.6. The van der Waals surface area contributed by atoms with Crippen LogP contribution in [0.2, 0.25) is 0 Å². The molecule has 0 spiro atoms. The molecule has 2 aliphatic carbocycles. The Labute approximate surface area is 117 Å². The molecular formula is C15H17NO4. The number of nitrogens with one attached hydrogen (secondary N) is 1. The van der Waals surface area contributed by atoms with Crippen LogP contribution in [-0.4, -0.2) is 32.0 Å². The predicted molar refractivity (Wildman–Crippen MR) is 72.4 cm³/mol. The number of Topliss-reactive ketones (excluding diaryl/α,β-unsaturated/α-hetero) is 1. The Morgan fingerprint density at radius 2 is 1.85 bits per heavy atom. The molecule has 1 aromatic rings. The average Bonchev–Trinajstić information content (AvgIpc) is 3.20. The number of carbonyl (C=O) groups excluding carboxylic acids is 2. The summed E-state index contributed by atoms with van der Waals surface area (Å²) < 4.78 is 10.5. The van der Waals surface area contributed by atoms with Crippen LogP contribution in [0.4, 0.5) is 0 Å². The molecule has 0 radical (unpaired) electrons. The summed E-state index contributed by atoms with van der Waals surface area (Å²) in [6, 6.07) is 3.71. The van der Waals surface area contributed by atoms with Gasteiger partial charge < -0.3 is 14.8 Å². The second-order valence-electron chi connectivity index (χ2n) is 5.26. The first-order chi connectivity index (χ1) is 9.63. The summed E-state index contributed by atoms with van der Waals surface area (Å²) in [6.07, 6.45) is 2.29. The van der Waals surface area contributed by atoms with Gasteiger partial charge in [0.05, 0.1) is 20.1 Å². The van der Waals surface area contributed by atoms with Crippen LogP contribution >= 0.6 is 0 Å². The third-order valence-electron chi connectivity index (χ3n) is 3.86. The molecule has 1 atom stereocenters. The van der Waals surface area contributed by atoms with E-state index in [9.17, 15) is 9.59 Å². The number of benzene rings is 1. The maximum atomic E-state index is 12.2. The lowest BCUT2D eigenvalue weighted by Crippen LogP contribution is -2.30. The van der Waals surface area contributed by atoms with Gasteiger partial charge in [0, 0.05) is 18.0 Å². The minimum Gasteiger partial charge on any atom is -0.493 e. The topological polar surface area (TPSA) is 64.6 Å². The molecule has 0 aromatic heterocycles. The summed E-state index contributed by atoms with van der Waals surface area (Å²) >= 11 is 0. The Morgan fingerprint density at radius 3 is 2.45 bits per heavy atom. The van der Waals surface area contributed by atoms with Gasteiger partial charge in [-0.05, 0) is 30.5 Å². The Bertz CT molecular complexity index is 577. The van der Waals surface area contributed by atoms with E-state index in [0.29, 0.717) is 23.1 Å².